The average Bonchev–Trinajstić information content (AvgIpc) is 2.37. The Morgan fingerprint density at radius 2 is 1.72 bits per heavy atom. The van der Waals surface area contributed by atoms with Crippen LogP contribution in [-0.4, -0.2) is 11.6 Å². The molecule has 0 N–H and O–H groups in total. The third kappa shape index (κ3) is 2.28. The number of hydrogen-bond acceptors (Lipinski definition) is 2. The molecule has 1 saturated carbocycles. The maximum absolute atomic E-state index is 12.3. The molecule has 0 saturated heterocycles. The van der Waals surface area contributed by atoms with Gasteiger partial charge in [-0.2, -0.15) is 0 Å². The second kappa shape index (κ2) is 5.30. The number of allylic oxidation sites excluding steroid dienone is 1. The molecular formula is C16H18O2. The van der Waals surface area contributed by atoms with Gasteiger partial charge in [0.05, 0.1) is 5.41 Å². The van der Waals surface area contributed by atoms with Crippen LogP contribution < -0.4 is 0 Å². The SMILES string of the molecule is C=CCC1(Cc2ccccc2)C(=O)CCCC1=O. The lowest BCUT2D eigenvalue weighted by atomic mass is 9.66. The molecule has 0 aliphatic heterocycles. The molecule has 2 rings (SSSR count). The molecule has 1 aromatic rings. The van der Waals surface area contributed by atoms with Crippen molar-refractivity contribution in [2.75, 3.05) is 0 Å². The fourth-order valence-electron chi connectivity index (χ4n) is 2.73. The number of benzene rings is 1. The Bertz CT molecular complexity index is 443. The van der Waals surface area contributed by atoms with Crippen molar-refractivity contribution in [3.8, 4) is 0 Å². The van der Waals surface area contributed by atoms with E-state index >= 15 is 0 Å². The molecule has 1 fully saturated rings. The van der Waals surface area contributed by atoms with Crippen molar-refractivity contribution >= 4 is 11.6 Å². The molecular weight excluding hydrogens is 224 g/mol. The number of rotatable bonds is 4. The zero-order chi connectivity index (χ0) is 13.0. The summed E-state index contributed by atoms with van der Waals surface area (Å²) in [6.07, 6.45) is 4.41. The minimum Gasteiger partial charge on any atom is -0.299 e. The molecule has 2 nitrogen and oxygen atoms in total. The van der Waals surface area contributed by atoms with Crippen molar-refractivity contribution < 1.29 is 9.59 Å². The molecule has 0 amide bonds. The highest BCUT2D eigenvalue weighted by Gasteiger charge is 2.45. The van der Waals surface area contributed by atoms with Crippen LogP contribution in [0.25, 0.3) is 0 Å². The van der Waals surface area contributed by atoms with Crippen molar-refractivity contribution in [1.82, 2.24) is 0 Å². The van der Waals surface area contributed by atoms with E-state index in [2.05, 4.69) is 6.58 Å². The summed E-state index contributed by atoms with van der Waals surface area (Å²) in [5.74, 6) is 0.171. The maximum atomic E-state index is 12.3. The van der Waals surface area contributed by atoms with E-state index in [9.17, 15) is 9.59 Å². The molecule has 18 heavy (non-hydrogen) atoms. The quantitative estimate of drug-likeness (QED) is 0.600. The Kier molecular flexibility index (Phi) is 3.75. The molecule has 1 aromatic carbocycles. The molecule has 0 heterocycles. The molecule has 2 heteroatoms. The van der Waals surface area contributed by atoms with Crippen molar-refractivity contribution in [3.05, 3.63) is 48.6 Å². The Labute approximate surface area is 108 Å². The van der Waals surface area contributed by atoms with Gasteiger partial charge in [0.25, 0.3) is 0 Å². The fraction of sp³-hybridized carbons (Fsp3) is 0.375. The molecule has 0 atom stereocenters. The van der Waals surface area contributed by atoms with E-state index in [1.54, 1.807) is 6.08 Å². The lowest BCUT2D eigenvalue weighted by Gasteiger charge is -2.33. The van der Waals surface area contributed by atoms with Gasteiger partial charge in [-0.15, -0.1) is 6.58 Å². The van der Waals surface area contributed by atoms with Gasteiger partial charge in [-0.1, -0.05) is 36.4 Å². The van der Waals surface area contributed by atoms with E-state index < -0.39 is 5.41 Å². The van der Waals surface area contributed by atoms with Crippen molar-refractivity contribution in [2.45, 2.75) is 32.1 Å². The third-order valence-corrected chi connectivity index (χ3v) is 3.72. The summed E-state index contributed by atoms with van der Waals surface area (Å²) in [5.41, 5.74) is 0.199. The van der Waals surface area contributed by atoms with Crippen LogP contribution >= 0.6 is 0 Å². The number of ketones is 2. The predicted octanol–water partition coefficient (Wildman–Crippen LogP) is 3.11. The number of Topliss-reactive ketones (excluding diaryl/α,β-unsaturated/α-hetero) is 2. The number of hydrogen-bond donors (Lipinski definition) is 0. The standard InChI is InChI=1S/C16H18O2/c1-2-11-16(12-13-7-4-3-5-8-13)14(17)9-6-10-15(16)18/h2-5,7-8H,1,6,9-12H2. The highest BCUT2D eigenvalue weighted by Crippen LogP contribution is 2.37. The predicted molar refractivity (Wildman–Crippen MR) is 71.3 cm³/mol. The lowest BCUT2D eigenvalue weighted by Crippen LogP contribution is -2.44. The summed E-state index contributed by atoms with van der Waals surface area (Å²) < 4.78 is 0. The normalized spacial score (nSPS) is 18.7. The Morgan fingerprint density at radius 3 is 2.28 bits per heavy atom. The molecule has 1 aliphatic carbocycles. The molecule has 94 valence electrons. The van der Waals surface area contributed by atoms with Gasteiger partial charge in [-0.3, -0.25) is 9.59 Å². The summed E-state index contributed by atoms with van der Waals surface area (Å²) in [5, 5.41) is 0. The highest BCUT2D eigenvalue weighted by molar-refractivity contribution is 6.09. The second-order valence-corrected chi connectivity index (χ2v) is 4.94. The van der Waals surface area contributed by atoms with Gasteiger partial charge >= 0.3 is 0 Å². The Hall–Kier alpha value is -1.70. The summed E-state index contributed by atoms with van der Waals surface area (Å²) in [7, 11) is 0. The van der Waals surface area contributed by atoms with E-state index in [1.165, 1.54) is 0 Å². The first kappa shape index (κ1) is 12.7. The third-order valence-electron chi connectivity index (χ3n) is 3.72. The summed E-state index contributed by atoms with van der Waals surface area (Å²) in [4.78, 5) is 24.5. The topological polar surface area (TPSA) is 34.1 Å². The van der Waals surface area contributed by atoms with Crippen LogP contribution in [0.3, 0.4) is 0 Å². The van der Waals surface area contributed by atoms with E-state index in [1.807, 2.05) is 30.3 Å². The van der Waals surface area contributed by atoms with Gasteiger partial charge in [0.2, 0.25) is 0 Å². The molecule has 0 aromatic heterocycles. The van der Waals surface area contributed by atoms with Gasteiger partial charge in [0.15, 0.2) is 0 Å². The lowest BCUT2D eigenvalue weighted by molar-refractivity contribution is -0.143. The van der Waals surface area contributed by atoms with Crippen LogP contribution in [0.5, 0.6) is 0 Å². The van der Waals surface area contributed by atoms with Crippen molar-refractivity contribution in [2.24, 2.45) is 5.41 Å². The zero-order valence-corrected chi connectivity index (χ0v) is 10.5. The molecule has 0 radical (unpaired) electrons. The van der Waals surface area contributed by atoms with Crippen LogP contribution in [0.15, 0.2) is 43.0 Å². The minimum absolute atomic E-state index is 0.0857. The van der Waals surface area contributed by atoms with Crippen LogP contribution in [0.2, 0.25) is 0 Å². The molecule has 0 bridgehead atoms. The first-order valence-corrected chi connectivity index (χ1v) is 6.40. The zero-order valence-electron chi connectivity index (χ0n) is 10.5. The average molecular weight is 242 g/mol. The van der Waals surface area contributed by atoms with Crippen LogP contribution in [-0.2, 0) is 16.0 Å². The van der Waals surface area contributed by atoms with Gasteiger partial charge in [-0.25, -0.2) is 0 Å². The monoisotopic (exact) mass is 242 g/mol. The Balaban J connectivity index is 2.33. The van der Waals surface area contributed by atoms with E-state index in [0.29, 0.717) is 32.1 Å². The summed E-state index contributed by atoms with van der Waals surface area (Å²) in [6, 6.07) is 9.76. The fourth-order valence-corrected chi connectivity index (χ4v) is 2.73. The second-order valence-electron chi connectivity index (χ2n) is 4.94. The van der Waals surface area contributed by atoms with E-state index in [0.717, 1.165) is 5.56 Å². The summed E-state index contributed by atoms with van der Waals surface area (Å²) in [6.45, 7) is 3.71. The van der Waals surface area contributed by atoms with E-state index in [-0.39, 0.29) is 11.6 Å². The first-order chi connectivity index (χ1) is 8.69. The number of carbonyl (C=O) groups is 2. The van der Waals surface area contributed by atoms with Gasteiger partial charge in [0.1, 0.15) is 11.6 Å². The first-order valence-electron chi connectivity index (χ1n) is 6.40. The van der Waals surface area contributed by atoms with Gasteiger partial charge in [-0.05, 0) is 24.8 Å². The summed E-state index contributed by atoms with van der Waals surface area (Å²) >= 11 is 0. The molecule has 1 aliphatic rings. The van der Waals surface area contributed by atoms with Crippen molar-refractivity contribution in [1.29, 1.82) is 0 Å². The minimum atomic E-state index is -0.846. The van der Waals surface area contributed by atoms with Crippen LogP contribution in [0, 0.1) is 5.41 Å². The largest absolute Gasteiger partial charge is 0.299 e. The van der Waals surface area contributed by atoms with Crippen molar-refractivity contribution in [3.63, 3.8) is 0 Å². The van der Waals surface area contributed by atoms with Gasteiger partial charge in [0, 0.05) is 12.8 Å². The number of carbonyl (C=O) groups excluding carboxylic acids is 2. The smallest absolute Gasteiger partial charge is 0.147 e. The van der Waals surface area contributed by atoms with Crippen LogP contribution in [0.1, 0.15) is 31.2 Å². The molecule has 0 spiro atoms. The highest BCUT2D eigenvalue weighted by atomic mass is 16.2. The Morgan fingerprint density at radius 1 is 1.11 bits per heavy atom. The molecule has 0 unspecified atom stereocenters. The van der Waals surface area contributed by atoms with Crippen LogP contribution in [0.4, 0.5) is 0 Å². The van der Waals surface area contributed by atoms with Gasteiger partial charge < -0.3 is 0 Å². The maximum Gasteiger partial charge on any atom is 0.147 e. The van der Waals surface area contributed by atoms with E-state index in [4.69, 9.17) is 0 Å².